The van der Waals surface area contributed by atoms with Gasteiger partial charge in [-0.1, -0.05) is 12.1 Å². The van der Waals surface area contributed by atoms with Crippen LogP contribution < -0.4 is 10.1 Å². The topological polar surface area (TPSA) is 67.9 Å². The Bertz CT molecular complexity index is 708. The third-order valence-electron chi connectivity index (χ3n) is 5.21. The monoisotopic (exact) mass is 338 g/mol. The molecule has 3 atom stereocenters. The van der Waals surface area contributed by atoms with Gasteiger partial charge in [0.05, 0.1) is 13.2 Å². The number of rotatable bonds is 4. The van der Waals surface area contributed by atoms with E-state index in [9.17, 15) is 8.42 Å². The third kappa shape index (κ3) is 2.46. The Morgan fingerprint density at radius 3 is 3.17 bits per heavy atom. The fraction of sp³-hybridized carbons (Fsp3) is 0.625. The maximum atomic E-state index is 12.8. The summed E-state index contributed by atoms with van der Waals surface area (Å²) < 4.78 is 38.6. The van der Waals surface area contributed by atoms with Gasteiger partial charge in [0.1, 0.15) is 16.6 Å². The van der Waals surface area contributed by atoms with E-state index in [0.29, 0.717) is 32.5 Å². The van der Waals surface area contributed by atoms with Crippen molar-refractivity contribution < 1.29 is 17.9 Å². The smallest absolute Gasteiger partial charge is 0.220 e. The van der Waals surface area contributed by atoms with Crippen LogP contribution in [0, 0.1) is 0 Å². The minimum atomic E-state index is -3.28. The molecule has 1 N–H and O–H groups in total. The Morgan fingerprint density at radius 1 is 1.48 bits per heavy atom. The first kappa shape index (κ1) is 15.4. The summed E-state index contributed by atoms with van der Waals surface area (Å²) in [7, 11) is -1.64. The lowest BCUT2D eigenvalue weighted by Gasteiger charge is -2.32. The number of ether oxygens (including phenoxy) is 2. The van der Waals surface area contributed by atoms with E-state index in [-0.39, 0.29) is 11.4 Å². The van der Waals surface area contributed by atoms with E-state index < -0.39 is 15.6 Å². The number of nitrogens with one attached hydrogen (secondary N) is 1. The van der Waals surface area contributed by atoms with Crippen molar-refractivity contribution in [1.82, 2.24) is 9.62 Å². The lowest BCUT2D eigenvalue weighted by molar-refractivity contribution is -0.0629. The SMILES string of the molecule is COc1cccc(CCN2C[C@@]34CNC[C@@H](C[C@@H]3S2(=O)=O)O4)c1. The van der Waals surface area contributed by atoms with Gasteiger partial charge in [0.15, 0.2) is 0 Å². The van der Waals surface area contributed by atoms with E-state index in [0.717, 1.165) is 17.9 Å². The number of morpholine rings is 1. The van der Waals surface area contributed by atoms with Crippen molar-refractivity contribution in [3.63, 3.8) is 0 Å². The second-order valence-corrected chi connectivity index (χ2v) is 8.76. The van der Waals surface area contributed by atoms with Gasteiger partial charge in [0, 0.05) is 26.2 Å². The van der Waals surface area contributed by atoms with Gasteiger partial charge in [-0.25, -0.2) is 8.42 Å². The molecule has 4 rings (SSSR count). The predicted molar refractivity (Wildman–Crippen MR) is 86.1 cm³/mol. The van der Waals surface area contributed by atoms with Crippen LogP contribution in [0.3, 0.4) is 0 Å². The van der Waals surface area contributed by atoms with Gasteiger partial charge in [0.25, 0.3) is 0 Å². The fourth-order valence-electron chi connectivity index (χ4n) is 4.08. The van der Waals surface area contributed by atoms with Gasteiger partial charge in [-0.2, -0.15) is 4.31 Å². The molecule has 1 aromatic carbocycles. The van der Waals surface area contributed by atoms with Crippen LogP contribution in [0.5, 0.6) is 5.75 Å². The van der Waals surface area contributed by atoms with Crippen molar-refractivity contribution in [1.29, 1.82) is 0 Å². The van der Waals surface area contributed by atoms with Crippen LogP contribution in [0.1, 0.15) is 12.0 Å². The van der Waals surface area contributed by atoms with Gasteiger partial charge in [0.2, 0.25) is 10.0 Å². The Labute approximate surface area is 136 Å². The molecular weight excluding hydrogens is 316 g/mol. The molecule has 1 spiro atoms. The third-order valence-corrected chi connectivity index (χ3v) is 7.58. The van der Waals surface area contributed by atoms with E-state index in [1.54, 1.807) is 11.4 Å². The normalized spacial score (nSPS) is 35.2. The first-order chi connectivity index (χ1) is 11.0. The summed E-state index contributed by atoms with van der Waals surface area (Å²) in [6.45, 7) is 2.34. The van der Waals surface area contributed by atoms with Gasteiger partial charge >= 0.3 is 0 Å². The van der Waals surface area contributed by atoms with E-state index in [2.05, 4.69) is 5.32 Å². The molecule has 2 bridgehead atoms. The van der Waals surface area contributed by atoms with Gasteiger partial charge in [-0.15, -0.1) is 0 Å². The molecule has 3 heterocycles. The molecule has 0 radical (unpaired) electrons. The molecule has 3 aliphatic rings. The number of hydrogen-bond donors (Lipinski definition) is 1. The molecule has 6 nitrogen and oxygen atoms in total. The largest absolute Gasteiger partial charge is 0.497 e. The molecule has 3 saturated heterocycles. The maximum absolute atomic E-state index is 12.8. The number of fused-ring (bicyclic) bond motifs is 1. The number of hydrogen-bond acceptors (Lipinski definition) is 5. The highest BCUT2D eigenvalue weighted by Gasteiger charge is 2.63. The van der Waals surface area contributed by atoms with Crippen molar-refractivity contribution in [3.05, 3.63) is 29.8 Å². The zero-order chi connectivity index (χ0) is 16.1. The standard InChI is InChI=1S/C16H22N2O4S/c1-21-13-4-2-3-12(7-13)5-6-18-11-16-10-17-9-14(22-16)8-15(16)23(18,19)20/h2-4,7,14-15,17H,5-6,8-11H2,1H3/t14-,15+,16+/m1/s1. The van der Waals surface area contributed by atoms with Crippen molar-refractivity contribution in [3.8, 4) is 5.75 Å². The average Bonchev–Trinajstić information content (AvgIpc) is 2.92. The first-order valence-electron chi connectivity index (χ1n) is 8.04. The van der Waals surface area contributed by atoms with Crippen molar-refractivity contribution in [2.75, 3.05) is 33.3 Å². The summed E-state index contributed by atoms with van der Waals surface area (Å²) in [4.78, 5) is 0. The van der Waals surface area contributed by atoms with E-state index in [1.807, 2.05) is 24.3 Å². The quantitative estimate of drug-likeness (QED) is 0.860. The van der Waals surface area contributed by atoms with Crippen molar-refractivity contribution in [2.45, 2.75) is 29.8 Å². The van der Waals surface area contributed by atoms with Crippen LogP contribution in [0.15, 0.2) is 24.3 Å². The molecule has 23 heavy (non-hydrogen) atoms. The number of nitrogens with zero attached hydrogens (tertiary/aromatic N) is 1. The molecule has 0 amide bonds. The number of methoxy groups -OCH3 is 1. The van der Waals surface area contributed by atoms with Gasteiger partial charge in [-0.3, -0.25) is 0 Å². The Hall–Kier alpha value is -1.15. The molecule has 126 valence electrons. The summed E-state index contributed by atoms with van der Waals surface area (Å²) >= 11 is 0. The Balaban J connectivity index is 1.50. The van der Waals surface area contributed by atoms with Crippen LogP contribution in [-0.4, -0.2) is 63.0 Å². The average molecular weight is 338 g/mol. The summed E-state index contributed by atoms with van der Waals surface area (Å²) in [5.41, 5.74) is 0.533. The van der Waals surface area contributed by atoms with Crippen molar-refractivity contribution >= 4 is 10.0 Å². The van der Waals surface area contributed by atoms with Crippen molar-refractivity contribution in [2.24, 2.45) is 0 Å². The number of sulfonamides is 1. The highest BCUT2D eigenvalue weighted by Crippen LogP contribution is 2.44. The Kier molecular flexibility index (Phi) is 3.64. The Morgan fingerprint density at radius 2 is 2.35 bits per heavy atom. The molecule has 3 fully saturated rings. The zero-order valence-electron chi connectivity index (χ0n) is 13.2. The van der Waals surface area contributed by atoms with Crippen LogP contribution in [0.2, 0.25) is 0 Å². The predicted octanol–water partition coefficient (Wildman–Crippen LogP) is 0.383. The first-order valence-corrected chi connectivity index (χ1v) is 9.54. The molecule has 0 aromatic heterocycles. The summed E-state index contributed by atoms with van der Waals surface area (Å²) in [6, 6.07) is 7.77. The summed E-state index contributed by atoms with van der Waals surface area (Å²) in [5.74, 6) is 0.796. The second-order valence-electron chi connectivity index (χ2n) is 6.64. The second kappa shape index (κ2) is 5.44. The zero-order valence-corrected chi connectivity index (χ0v) is 14.0. The molecule has 0 aliphatic carbocycles. The summed E-state index contributed by atoms with van der Waals surface area (Å²) in [5, 5.41) is 2.93. The molecule has 7 heteroatoms. The minimum absolute atomic E-state index is 0.0454. The highest BCUT2D eigenvalue weighted by molar-refractivity contribution is 7.90. The van der Waals surface area contributed by atoms with E-state index >= 15 is 0 Å². The molecule has 3 aliphatic heterocycles. The fourth-order valence-corrected chi connectivity index (χ4v) is 6.40. The van der Waals surface area contributed by atoms with Gasteiger partial charge < -0.3 is 14.8 Å². The lowest BCUT2D eigenvalue weighted by atomic mass is 10.00. The minimum Gasteiger partial charge on any atom is -0.497 e. The van der Waals surface area contributed by atoms with Crippen LogP contribution in [0.4, 0.5) is 0 Å². The maximum Gasteiger partial charge on any atom is 0.220 e. The number of benzene rings is 1. The molecule has 0 unspecified atom stereocenters. The summed E-state index contributed by atoms with van der Waals surface area (Å²) in [6.07, 6.45) is 1.34. The van der Waals surface area contributed by atoms with E-state index in [1.165, 1.54) is 0 Å². The van der Waals surface area contributed by atoms with Crippen LogP contribution in [0.25, 0.3) is 0 Å². The molecular formula is C16H22N2O4S. The lowest BCUT2D eigenvalue weighted by Crippen LogP contribution is -2.53. The van der Waals surface area contributed by atoms with Crippen LogP contribution >= 0.6 is 0 Å². The van der Waals surface area contributed by atoms with E-state index in [4.69, 9.17) is 9.47 Å². The highest BCUT2D eigenvalue weighted by atomic mass is 32.2. The van der Waals surface area contributed by atoms with Gasteiger partial charge in [-0.05, 0) is 30.5 Å². The molecule has 1 aromatic rings. The molecule has 0 saturated carbocycles. The van der Waals surface area contributed by atoms with Crippen LogP contribution in [-0.2, 0) is 21.2 Å².